The van der Waals surface area contributed by atoms with Gasteiger partial charge in [0.05, 0.1) is 11.4 Å². The number of nitrogens with zero attached hydrogens (tertiary/aromatic N) is 2. The van der Waals surface area contributed by atoms with E-state index < -0.39 is 36.4 Å². The number of hydrogen-bond donors (Lipinski definition) is 4. The number of benzene rings is 1. The number of hydrogen-bond acceptors (Lipinski definition) is 7. The second-order valence-corrected chi connectivity index (χ2v) is 8.89. The van der Waals surface area contributed by atoms with Gasteiger partial charge >= 0.3 is 0 Å². The molecule has 1 unspecified atom stereocenters. The van der Waals surface area contributed by atoms with Crippen LogP contribution in [-0.4, -0.2) is 85.3 Å². The number of rotatable bonds is 8. The number of aliphatic hydroxyl groups is 3. The van der Waals surface area contributed by atoms with E-state index in [0.29, 0.717) is 5.92 Å². The smallest absolute Gasteiger partial charge is 0.252 e. The molecule has 1 heterocycles. The van der Waals surface area contributed by atoms with Crippen molar-refractivity contribution >= 4 is 23.2 Å². The minimum absolute atomic E-state index is 0.216. The van der Waals surface area contributed by atoms with Crippen molar-refractivity contribution in [1.82, 2.24) is 5.32 Å². The Kier molecular flexibility index (Phi) is 8.47. The third kappa shape index (κ3) is 5.73. The van der Waals surface area contributed by atoms with E-state index in [0.717, 1.165) is 37.1 Å². The maximum absolute atomic E-state index is 13.0. The minimum Gasteiger partial charge on any atom is -0.387 e. The van der Waals surface area contributed by atoms with Crippen LogP contribution in [0.1, 0.15) is 25.7 Å². The van der Waals surface area contributed by atoms with Crippen LogP contribution in [0.5, 0.6) is 0 Å². The van der Waals surface area contributed by atoms with Crippen LogP contribution in [0, 0.1) is 5.92 Å². The Labute approximate surface area is 194 Å². The summed E-state index contributed by atoms with van der Waals surface area (Å²) in [7, 11) is 4.69. The lowest BCUT2D eigenvalue weighted by atomic mass is 9.99. The Balaban J connectivity index is 1.66. The van der Waals surface area contributed by atoms with Crippen LogP contribution < -0.4 is 15.1 Å². The van der Waals surface area contributed by atoms with Crippen molar-refractivity contribution in [2.75, 3.05) is 37.5 Å². The maximum Gasteiger partial charge on any atom is 0.252 e. The summed E-state index contributed by atoms with van der Waals surface area (Å²) in [6.45, 7) is 0.216. The average molecular weight is 462 g/mol. The van der Waals surface area contributed by atoms with E-state index in [1.54, 1.807) is 7.05 Å². The van der Waals surface area contributed by atoms with Crippen molar-refractivity contribution in [3.8, 4) is 0 Å². The number of aliphatic hydroxyl groups excluding tert-OH is 3. The largest absolute Gasteiger partial charge is 0.387 e. The molecule has 3 rings (SSSR count). The zero-order chi connectivity index (χ0) is 24.1. The molecule has 9 nitrogen and oxygen atoms in total. The first-order valence-corrected chi connectivity index (χ1v) is 11.4. The van der Waals surface area contributed by atoms with Crippen LogP contribution in [0.4, 0.5) is 11.4 Å². The normalized spacial score (nSPS) is 23.2. The van der Waals surface area contributed by atoms with Gasteiger partial charge in [0.1, 0.15) is 24.4 Å². The monoisotopic (exact) mass is 461 g/mol. The van der Waals surface area contributed by atoms with Crippen LogP contribution >= 0.6 is 0 Å². The number of methoxy groups -OCH3 is 1. The summed E-state index contributed by atoms with van der Waals surface area (Å²) >= 11 is 0. The Morgan fingerprint density at radius 1 is 1.12 bits per heavy atom. The maximum atomic E-state index is 13.0. The van der Waals surface area contributed by atoms with E-state index >= 15 is 0 Å². The zero-order valence-electron chi connectivity index (χ0n) is 19.4. The molecule has 1 aromatic carbocycles. The fraction of sp³-hybridized carbons (Fsp3) is 0.583. The summed E-state index contributed by atoms with van der Waals surface area (Å²) in [5.74, 6) is -0.712. The summed E-state index contributed by atoms with van der Waals surface area (Å²) in [5, 5.41) is 33.9. The molecule has 0 bridgehead atoms. The predicted molar refractivity (Wildman–Crippen MR) is 125 cm³/mol. The van der Waals surface area contributed by atoms with Crippen LogP contribution in [0.2, 0.25) is 0 Å². The van der Waals surface area contributed by atoms with E-state index in [2.05, 4.69) is 5.32 Å². The van der Waals surface area contributed by atoms with Crippen LogP contribution in [0.25, 0.3) is 0 Å². The van der Waals surface area contributed by atoms with Gasteiger partial charge in [-0.1, -0.05) is 37.1 Å². The van der Waals surface area contributed by atoms with Gasteiger partial charge in [-0.05, 0) is 30.9 Å². The Hall–Kier alpha value is -2.46. The summed E-state index contributed by atoms with van der Waals surface area (Å²) in [6, 6.07) is 6.53. The standard InChI is InChI=1S/C24H35N3O6/c1-26-14-16(24(32)27(2)18-11-7-6-10-17(18)26)25-23(31)22(33-3)21(30)20(29)19(28)13-12-15-8-4-5-9-15/h6-7,10-13,15-16,19-22,28-30H,4-5,8-9,14H2,1-3H3,(H,25,31)/b13-12+/t16?,19-,20+,21-,22-/m1/s1. The van der Waals surface area contributed by atoms with Gasteiger partial charge < -0.3 is 35.2 Å². The number of nitrogens with one attached hydrogen (secondary N) is 1. The first kappa shape index (κ1) is 25.2. The van der Waals surface area contributed by atoms with Gasteiger partial charge in [-0.15, -0.1) is 0 Å². The van der Waals surface area contributed by atoms with Gasteiger partial charge in [0, 0.05) is 27.7 Å². The van der Waals surface area contributed by atoms with Gasteiger partial charge in [-0.2, -0.15) is 0 Å². The topological polar surface area (TPSA) is 123 Å². The fourth-order valence-electron chi connectivity index (χ4n) is 4.55. The number of likely N-dealkylation sites (N-methyl/N-ethyl adjacent to an activating group) is 2. The van der Waals surface area contributed by atoms with Crippen LogP contribution in [0.15, 0.2) is 36.4 Å². The predicted octanol–water partition coefficient (Wildman–Crippen LogP) is 0.428. The van der Waals surface area contributed by atoms with Crippen molar-refractivity contribution in [3.05, 3.63) is 36.4 Å². The third-order valence-corrected chi connectivity index (χ3v) is 6.56. The zero-order valence-corrected chi connectivity index (χ0v) is 19.4. The molecule has 0 radical (unpaired) electrons. The molecule has 1 aliphatic carbocycles. The molecule has 5 atom stereocenters. The van der Waals surface area contributed by atoms with Crippen molar-refractivity contribution in [2.24, 2.45) is 5.92 Å². The van der Waals surface area contributed by atoms with E-state index in [4.69, 9.17) is 4.74 Å². The molecule has 1 fully saturated rings. The number of para-hydroxylation sites is 2. The number of ether oxygens (including phenoxy) is 1. The lowest BCUT2D eigenvalue weighted by Crippen LogP contribution is -2.57. The molecular weight excluding hydrogens is 426 g/mol. The Morgan fingerprint density at radius 3 is 2.39 bits per heavy atom. The van der Waals surface area contributed by atoms with Gasteiger partial charge in [0.25, 0.3) is 11.8 Å². The average Bonchev–Trinajstić information content (AvgIpc) is 3.32. The Bertz CT molecular complexity index is 856. The van der Waals surface area contributed by atoms with Gasteiger partial charge in [-0.3, -0.25) is 9.59 Å². The van der Waals surface area contributed by atoms with Crippen LogP contribution in [-0.2, 0) is 14.3 Å². The minimum atomic E-state index is -1.69. The van der Waals surface area contributed by atoms with Crippen molar-refractivity contribution in [1.29, 1.82) is 0 Å². The van der Waals surface area contributed by atoms with Gasteiger partial charge in [0.2, 0.25) is 0 Å². The highest BCUT2D eigenvalue weighted by Crippen LogP contribution is 2.30. The summed E-state index contributed by atoms with van der Waals surface area (Å²) in [4.78, 5) is 29.3. The first-order chi connectivity index (χ1) is 15.7. The van der Waals surface area contributed by atoms with Crippen molar-refractivity contribution in [3.63, 3.8) is 0 Å². The summed E-state index contributed by atoms with van der Waals surface area (Å²) < 4.78 is 5.15. The summed E-state index contributed by atoms with van der Waals surface area (Å²) in [6.07, 6.45) is 1.52. The van der Waals surface area contributed by atoms with Gasteiger partial charge in [-0.25, -0.2) is 0 Å². The van der Waals surface area contributed by atoms with E-state index in [-0.39, 0.29) is 12.5 Å². The summed E-state index contributed by atoms with van der Waals surface area (Å²) in [5.41, 5.74) is 1.57. The van der Waals surface area contributed by atoms with E-state index in [1.165, 1.54) is 18.1 Å². The lowest BCUT2D eigenvalue weighted by molar-refractivity contribution is -0.150. The first-order valence-electron chi connectivity index (χ1n) is 11.4. The SMILES string of the molecule is CO[C@@H](C(=O)NC1CN(C)c2ccccc2N(C)C1=O)[C@H](O)[C@@H](O)[C@H](O)/C=C/C1CCCC1. The number of carbonyl (C=O) groups excluding carboxylic acids is 2. The third-order valence-electron chi connectivity index (χ3n) is 6.56. The molecule has 9 heteroatoms. The van der Waals surface area contributed by atoms with E-state index in [9.17, 15) is 24.9 Å². The molecule has 1 aliphatic heterocycles. The number of allylic oxidation sites excluding steroid dienone is 1. The van der Waals surface area contributed by atoms with Crippen molar-refractivity contribution in [2.45, 2.75) is 56.1 Å². The molecule has 0 aromatic heterocycles. The fourth-order valence-corrected chi connectivity index (χ4v) is 4.55. The number of anilines is 2. The molecule has 1 aromatic rings. The molecule has 182 valence electrons. The van der Waals surface area contributed by atoms with E-state index in [1.807, 2.05) is 42.3 Å². The van der Waals surface area contributed by atoms with Gasteiger partial charge in [0.15, 0.2) is 6.10 Å². The Morgan fingerprint density at radius 2 is 1.76 bits per heavy atom. The lowest BCUT2D eigenvalue weighted by Gasteiger charge is -2.29. The van der Waals surface area contributed by atoms with Crippen LogP contribution in [0.3, 0.4) is 0 Å². The second kappa shape index (κ2) is 11.1. The molecule has 1 saturated carbocycles. The number of fused-ring (bicyclic) bond motifs is 1. The molecule has 0 spiro atoms. The highest BCUT2D eigenvalue weighted by molar-refractivity contribution is 6.03. The number of amides is 2. The molecule has 4 N–H and O–H groups in total. The molecule has 2 amide bonds. The number of carbonyl (C=O) groups is 2. The highest BCUT2D eigenvalue weighted by Gasteiger charge is 2.38. The molecule has 2 aliphatic rings. The quantitative estimate of drug-likeness (QED) is 0.414. The highest BCUT2D eigenvalue weighted by atomic mass is 16.5. The molecule has 0 saturated heterocycles. The molecule has 33 heavy (non-hydrogen) atoms. The second-order valence-electron chi connectivity index (χ2n) is 8.89. The van der Waals surface area contributed by atoms with Crippen molar-refractivity contribution < 1.29 is 29.6 Å². The molecular formula is C24H35N3O6.